The molecule has 3 atom stereocenters. The monoisotopic (exact) mass is 981 g/mol. The summed E-state index contributed by atoms with van der Waals surface area (Å²) in [5.74, 6) is -1.74. The summed E-state index contributed by atoms with van der Waals surface area (Å²) < 4.78 is 17.7. The van der Waals surface area contributed by atoms with Gasteiger partial charge >= 0.3 is 0 Å². The summed E-state index contributed by atoms with van der Waals surface area (Å²) in [4.78, 5) is 115. The van der Waals surface area contributed by atoms with Crippen LogP contribution in [0, 0.1) is 11.8 Å². The number of ether oxygens (including phenoxy) is 3. The Bertz CT molecular complexity index is 1990. The minimum Gasteiger partial charge on any atom is -0.373 e. The molecule has 1 saturated carbocycles. The number of likely N-dealkylation sites (tertiary alicyclic amines) is 1. The van der Waals surface area contributed by atoms with Gasteiger partial charge < -0.3 is 40.8 Å². The largest absolute Gasteiger partial charge is 0.373 e. The van der Waals surface area contributed by atoms with E-state index in [4.69, 9.17) is 14.2 Å². The van der Waals surface area contributed by atoms with Gasteiger partial charge in [0.05, 0.1) is 29.7 Å². The third-order valence-corrected chi connectivity index (χ3v) is 13.9. The number of thioether (sulfide) groups is 1. The Balaban J connectivity index is 0.896. The van der Waals surface area contributed by atoms with Crippen LogP contribution in [-0.4, -0.2) is 150 Å². The quantitative estimate of drug-likeness (QED) is 0.0574. The van der Waals surface area contributed by atoms with E-state index in [0.29, 0.717) is 69.7 Å². The zero-order chi connectivity index (χ0) is 50.0. The third-order valence-electron chi connectivity index (χ3n) is 12.6. The van der Waals surface area contributed by atoms with Gasteiger partial charge in [-0.25, -0.2) is 0 Å². The number of imide groups is 2. The SMILES string of the molecule is CC(C)(CCOCC(=O)NCCN1C(=O)C=CC1=O)OCC(C)(C)OCCNC(=O)C1CCC(CN2C(=O)CC(SCCCCC[C@H](NC(=O)[C@H]3CCC(=O)N3)C(=O)Nc3ccccc3)C2=O)CC1. The Morgan fingerprint density at radius 3 is 2.23 bits per heavy atom. The molecule has 380 valence electrons. The maximum Gasteiger partial charge on any atom is 0.253 e. The van der Waals surface area contributed by atoms with E-state index < -0.39 is 40.4 Å². The molecule has 0 radical (unpaired) electrons. The standard InChI is InChI=1S/C49H71N7O12S/c1-48(2,22-26-66-31-40(58)50-23-25-55-41(59)20-21-42(55)60)68-32-49(3,4)67-27-24-51-44(62)34-16-14-33(15-17-34)30-56-43(61)29-38(47(56)65)69-28-10-6-9-13-36(45(63)52-35-11-7-5-8-12-35)54-46(64)37-18-19-39(57)53-37/h5,7-8,11-12,20-21,33-34,36-38H,6,9-10,13-19,22-32H2,1-4H3,(H,50,58)(H,51,62)(H,52,63)(H,53,57)(H,54,64)/t33?,34?,36-,37+,38?/m0/s1. The normalized spacial score (nSPS) is 21.1. The van der Waals surface area contributed by atoms with Crippen molar-refractivity contribution < 1.29 is 57.4 Å². The van der Waals surface area contributed by atoms with Crippen LogP contribution in [0.15, 0.2) is 42.5 Å². The fraction of sp³-hybridized carbons (Fsp3) is 0.653. The van der Waals surface area contributed by atoms with Crippen LogP contribution >= 0.6 is 11.8 Å². The van der Waals surface area contributed by atoms with Crippen molar-refractivity contribution in [3.05, 3.63) is 42.5 Å². The fourth-order valence-corrected chi connectivity index (χ4v) is 9.60. The van der Waals surface area contributed by atoms with Crippen LogP contribution < -0.4 is 26.6 Å². The maximum atomic E-state index is 13.3. The smallest absolute Gasteiger partial charge is 0.253 e. The van der Waals surface area contributed by atoms with E-state index in [-0.39, 0.29) is 98.9 Å². The van der Waals surface area contributed by atoms with Crippen molar-refractivity contribution in [2.24, 2.45) is 11.8 Å². The molecular formula is C49H71N7O12S. The predicted octanol–water partition coefficient (Wildman–Crippen LogP) is 2.77. The van der Waals surface area contributed by atoms with E-state index in [1.807, 2.05) is 33.8 Å². The second-order valence-corrected chi connectivity index (χ2v) is 20.6. The van der Waals surface area contributed by atoms with E-state index in [0.717, 1.165) is 30.6 Å². The van der Waals surface area contributed by atoms with Crippen LogP contribution in [0.25, 0.3) is 0 Å². The lowest BCUT2D eigenvalue weighted by Crippen LogP contribution is -2.50. The van der Waals surface area contributed by atoms with Gasteiger partial charge in [0, 0.05) is 69.4 Å². The van der Waals surface area contributed by atoms with Gasteiger partial charge in [-0.2, -0.15) is 0 Å². The number of carbonyl (C=O) groups is 9. The maximum absolute atomic E-state index is 13.3. The van der Waals surface area contributed by atoms with Crippen LogP contribution in [0.3, 0.4) is 0 Å². The Hall–Kier alpha value is -5.18. The Morgan fingerprint density at radius 1 is 0.812 bits per heavy atom. The molecule has 0 aromatic heterocycles. The molecule has 9 amide bonds. The van der Waals surface area contributed by atoms with Crippen molar-refractivity contribution in [2.75, 3.05) is 63.7 Å². The molecule has 2 saturated heterocycles. The molecule has 3 heterocycles. The average molecular weight is 982 g/mol. The number of hydrogen-bond acceptors (Lipinski definition) is 13. The zero-order valence-corrected chi connectivity index (χ0v) is 41.3. The third kappa shape index (κ3) is 18.3. The van der Waals surface area contributed by atoms with Gasteiger partial charge in [-0.3, -0.25) is 53.0 Å². The second-order valence-electron chi connectivity index (χ2n) is 19.3. The van der Waals surface area contributed by atoms with Gasteiger partial charge in [-0.05, 0) is 103 Å². The van der Waals surface area contributed by atoms with E-state index in [1.54, 1.807) is 24.3 Å². The molecule has 1 aromatic carbocycles. The van der Waals surface area contributed by atoms with Crippen molar-refractivity contribution in [1.29, 1.82) is 0 Å². The van der Waals surface area contributed by atoms with Crippen LogP contribution in [0.5, 0.6) is 0 Å². The Morgan fingerprint density at radius 2 is 1.54 bits per heavy atom. The topological polar surface area (TPSA) is 248 Å². The minimum absolute atomic E-state index is 0.0328. The van der Waals surface area contributed by atoms with Crippen LogP contribution in [0.4, 0.5) is 5.69 Å². The van der Waals surface area contributed by atoms with Crippen LogP contribution in [0.1, 0.15) is 105 Å². The molecule has 0 bridgehead atoms. The van der Waals surface area contributed by atoms with Crippen molar-refractivity contribution in [1.82, 2.24) is 31.1 Å². The van der Waals surface area contributed by atoms with E-state index in [2.05, 4.69) is 26.6 Å². The summed E-state index contributed by atoms with van der Waals surface area (Å²) in [6, 6.07) is 7.56. The van der Waals surface area contributed by atoms with Gasteiger partial charge in [-0.1, -0.05) is 31.0 Å². The van der Waals surface area contributed by atoms with Gasteiger partial charge in [0.2, 0.25) is 41.4 Å². The fourth-order valence-electron chi connectivity index (χ4n) is 8.42. The van der Waals surface area contributed by atoms with Gasteiger partial charge in [0.15, 0.2) is 0 Å². The molecule has 19 nitrogen and oxygen atoms in total. The number of nitrogens with one attached hydrogen (secondary N) is 5. The van der Waals surface area contributed by atoms with Gasteiger partial charge in [0.25, 0.3) is 11.8 Å². The van der Waals surface area contributed by atoms with Crippen LogP contribution in [-0.2, 0) is 57.4 Å². The summed E-state index contributed by atoms with van der Waals surface area (Å²) in [6.07, 6.45) is 9.15. The van der Waals surface area contributed by atoms with Crippen molar-refractivity contribution >= 4 is 70.6 Å². The first-order chi connectivity index (χ1) is 32.9. The molecule has 1 aromatic rings. The molecule has 1 aliphatic carbocycles. The van der Waals surface area contributed by atoms with Crippen LogP contribution in [0.2, 0.25) is 0 Å². The lowest BCUT2D eigenvalue weighted by Gasteiger charge is -2.32. The number of anilines is 1. The van der Waals surface area contributed by atoms with Crippen molar-refractivity contribution in [3.8, 4) is 0 Å². The van der Waals surface area contributed by atoms with E-state index in [1.165, 1.54) is 28.8 Å². The molecule has 69 heavy (non-hydrogen) atoms. The highest BCUT2D eigenvalue weighted by Crippen LogP contribution is 2.33. The number of para-hydroxylation sites is 1. The number of hydrogen-bond donors (Lipinski definition) is 5. The molecule has 4 aliphatic rings. The molecule has 3 aliphatic heterocycles. The van der Waals surface area contributed by atoms with Gasteiger partial charge in [0.1, 0.15) is 18.7 Å². The molecule has 5 N–H and O–H groups in total. The molecular weight excluding hydrogens is 911 g/mol. The van der Waals surface area contributed by atoms with E-state index in [9.17, 15) is 43.2 Å². The number of unbranched alkanes of at least 4 members (excludes halogenated alkanes) is 2. The number of amides is 9. The molecule has 3 fully saturated rings. The highest BCUT2D eigenvalue weighted by Gasteiger charge is 2.40. The van der Waals surface area contributed by atoms with Crippen molar-refractivity contribution in [3.63, 3.8) is 0 Å². The summed E-state index contributed by atoms with van der Waals surface area (Å²) in [5, 5.41) is 13.5. The Kier molecular flexibility index (Phi) is 21.2. The second kappa shape index (κ2) is 26.7. The highest BCUT2D eigenvalue weighted by atomic mass is 32.2. The predicted molar refractivity (Wildman–Crippen MR) is 257 cm³/mol. The first-order valence-electron chi connectivity index (χ1n) is 24.2. The summed E-state index contributed by atoms with van der Waals surface area (Å²) in [6.45, 7) is 9.29. The lowest BCUT2D eigenvalue weighted by atomic mass is 9.81. The first-order valence-corrected chi connectivity index (χ1v) is 25.3. The first kappa shape index (κ1) is 54.8. The lowest BCUT2D eigenvalue weighted by molar-refractivity contribution is -0.140. The molecule has 0 spiro atoms. The van der Waals surface area contributed by atoms with Crippen molar-refractivity contribution in [2.45, 2.75) is 133 Å². The average Bonchev–Trinajstić information content (AvgIpc) is 3.98. The summed E-state index contributed by atoms with van der Waals surface area (Å²) >= 11 is 1.48. The van der Waals surface area contributed by atoms with E-state index >= 15 is 0 Å². The van der Waals surface area contributed by atoms with Gasteiger partial charge in [-0.15, -0.1) is 11.8 Å². The minimum atomic E-state index is -0.781. The molecule has 1 unspecified atom stereocenters. The number of benzene rings is 1. The number of rotatable bonds is 29. The number of nitrogens with zero attached hydrogens (tertiary/aromatic N) is 2. The number of carbonyl (C=O) groups excluding carboxylic acids is 9. The highest BCUT2D eigenvalue weighted by molar-refractivity contribution is 8.00. The summed E-state index contributed by atoms with van der Waals surface area (Å²) in [7, 11) is 0. The zero-order valence-electron chi connectivity index (χ0n) is 40.5. The molecule has 5 rings (SSSR count). The molecule has 20 heteroatoms. The Labute approximate surface area is 409 Å². The summed E-state index contributed by atoms with van der Waals surface area (Å²) in [5.41, 5.74) is -0.583.